The Balaban J connectivity index is 2.85. The number of carbonyl (C=O) groups is 1. The molecule has 0 saturated heterocycles. The number of thioether (sulfide) groups is 1. The van der Waals surface area contributed by atoms with Crippen LogP contribution in [-0.2, 0) is 0 Å². The second-order valence-corrected chi connectivity index (χ2v) is 5.02. The van der Waals surface area contributed by atoms with E-state index in [1.165, 1.54) is 23.9 Å². The molecule has 0 aliphatic rings. The van der Waals surface area contributed by atoms with Crippen molar-refractivity contribution in [1.82, 2.24) is 4.90 Å². The molecule has 0 radical (unpaired) electrons. The molecule has 0 aliphatic carbocycles. The Labute approximate surface area is 118 Å². The van der Waals surface area contributed by atoms with Crippen molar-refractivity contribution in [2.24, 2.45) is 0 Å². The van der Waals surface area contributed by atoms with E-state index < -0.39 is 18.6 Å². The predicted octanol–water partition coefficient (Wildman–Crippen LogP) is 3.65. The first kappa shape index (κ1) is 16.2. The number of alkyl halides is 4. The number of rotatable bonds is 5. The van der Waals surface area contributed by atoms with E-state index in [1.807, 2.05) is 6.26 Å². The van der Waals surface area contributed by atoms with E-state index >= 15 is 0 Å². The third kappa shape index (κ3) is 5.32. The third-order valence-electron chi connectivity index (χ3n) is 2.35. The van der Waals surface area contributed by atoms with Crippen molar-refractivity contribution >= 4 is 29.3 Å². The Morgan fingerprint density at radius 1 is 1.32 bits per heavy atom. The number of hydrogen-bond donors (Lipinski definition) is 0. The highest BCUT2D eigenvalue weighted by Crippen LogP contribution is 2.20. The van der Waals surface area contributed by atoms with Crippen molar-refractivity contribution in [3.8, 4) is 0 Å². The summed E-state index contributed by atoms with van der Waals surface area (Å²) in [6.07, 6.45) is -2.55. The molecule has 2 nitrogen and oxygen atoms in total. The molecule has 0 N–H and O–H groups in total. The van der Waals surface area contributed by atoms with Gasteiger partial charge in [-0.05, 0) is 30.5 Å². The molecule has 0 fully saturated rings. The van der Waals surface area contributed by atoms with E-state index in [2.05, 4.69) is 0 Å². The van der Waals surface area contributed by atoms with Crippen LogP contribution >= 0.6 is 23.4 Å². The fourth-order valence-electron chi connectivity index (χ4n) is 1.49. The minimum atomic E-state index is -4.43. The van der Waals surface area contributed by atoms with Gasteiger partial charge in [-0.3, -0.25) is 4.79 Å². The van der Waals surface area contributed by atoms with Crippen LogP contribution in [0, 0.1) is 0 Å². The molecule has 19 heavy (non-hydrogen) atoms. The monoisotopic (exact) mass is 311 g/mol. The van der Waals surface area contributed by atoms with E-state index in [1.54, 1.807) is 12.1 Å². The summed E-state index contributed by atoms with van der Waals surface area (Å²) in [5, 5.41) is 0. The van der Waals surface area contributed by atoms with Gasteiger partial charge in [-0.25, -0.2) is 0 Å². The van der Waals surface area contributed by atoms with Crippen LogP contribution in [0.2, 0.25) is 0 Å². The van der Waals surface area contributed by atoms with Gasteiger partial charge in [0.1, 0.15) is 6.54 Å². The lowest BCUT2D eigenvalue weighted by Gasteiger charge is -2.23. The standard InChI is InChI=1S/C12H13ClF3NOS/c1-19-10-4-2-9(3-5-10)11(18)17(7-6-13)8-12(14,15)16/h2-5H,6-8H2,1H3. The average Bonchev–Trinajstić information content (AvgIpc) is 2.36. The molecule has 106 valence electrons. The summed E-state index contributed by atoms with van der Waals surface area (Å²) in [6.45, 7) is -1.42. The molecule has 0 bridgehead atoms. The Bertz CT molecular complexity index is 422. The lowest BCUT2D eigenvalue weighted by Crippen LogP contribution is -2.40. The molecule has 0 atom stereocenters. The number of amides is 1. The van der Waals surface area contributed by atoms with Crippen LogP contribution < -0.4 is 0 Å². The van der Waals surface area contributed by atoms with Crippen LogP contribution in [0.1, 0.15) is 10.4 Å². The predicted molar refractivity (Wildman–Crippen MR) is 70.9 cm³/mol. The molecule has 0 spiro atoms. The van der Waals surface area contributed by atoms with Crippen molar-refractivity contribution in [2.75, 3.05) is 25.2 Å². The van der Waals surface area contributed by atoms with Crippen molar-refractivity contribution < 1.29 is 18.0 Å². The molecule has 1 aromatic rings. The van der Waals surface area contributed by atoms with Gasteiger partial charge >= 0.3 is 6.18 Å². The Morgan fingerprint density at radius 3 is 2.32 bits per heavy atom. The maximum Gasteiger partial charge on any atom is 0.406 e. The molecule has 7 heteroatoms. The molecule has 0 unspecified atom stereocenters. The number of benzene rings is 1. The molecule has 0 heterocycles. The molecule has 0 aliphatic heterocycles. The Kier molecular flexibility index (Phi) is 6.00. The maximum atomic E-state index is 12.4. The second kappa shape index (κ2) is 7.05. The number of halogens is 4. The van der Waals surface area contributed by atoms with Crippen LogP contribution in [0.4, 0.5) is 13.2 Å². The highest BCUT2D eigenvalue weighted by atomic mass is 35.5. The minimum Gasteiger partial charge on any atom is -0.328 e. The average molecular weight is 312 g/mol. The quantitative estimate of drug-likeness (QED) is 0.611. The van der Waals surface area contributed by atoms with Crippen LogP contribution in [0.5, 0.6) is 0 Å². The van der Waals surface area contributed by atoms with Gasteiger partial charge in [0, 0.05) is 22.9 Å². The molecule has 1 amide bonds. The fourth-order valence-corrected chi connectivity index (χ4v) is 2.10. The minimum absolute atomic E-state index is 0.0370. The van der Waals surface area contributed by atoms with Gasteiger partial charge < -0.3 is 4.90 Å². The van der Waals surface area contributed by atoms with Gasteiger partial charge in [0.25, 0.3) is 5.91 Å². The number of hydrogen-bond acceptors (Lipinski definition) is 2. The largest absolute Gasteiger partial charge is 0.406 e. The summed E-state index contributed by atoms with van der Waals surface area (Å²) in [5.74, 6) is -0.698. The second-order valence-electron chi connectivity index (χ2n) is 3.76. The molecule has 1 aromatic carbocycles. The number of nitrogens with zero attached hydrogens (tertiary/aromatic N) is 1. The lowest BCUT2D eigenvalue weighted by molar-refractivity contribution is -0.140. The zero-order valence-electron chi connectivity index (χ0n) is 10.2. The fraction of sp³-hybridized carbons (Fsp3) is 0.417. The van der Waals surface area contributed by atoms with Gasteiger partial charge in [-0.2, -0.15) is 13.2 Å². The first-order valence-electron chi connectivity index (χ1n) is 5.43. The first-order valence-corrected chi connectivity index (χ1v) is 7.19. The van der Waals surface area contributed by atoms with Crippen LogP contribution in [0.25, 0.3) is 0 Å². The summed E-state index contributed by atoms with van der Waals surface area (Å²) in [6, 6.07) is 6.44. The summed E-state index contributed by atoms with van der Waals surface area (Å²) in [7, 11) is 0. The van der Waals surface area contributed by atoms with Crippen LogP contribution in [-0.4, -0.2) is 42.2 Å². The molecular formula is C12H13ClF3NOS. The Morgan fingerprint density at radius 2 is 1.89 bits per heavy atom. The zero-order valence-corrected chi connectivity index (χ0v) is 11.8. The SMILES string of the molecule is CSc1ccc(C(=O)N(CCCl)CC(F)(F)F)cc1. The van der Waals surface area contributed by atoms with Crippen molar-refractivity contribution in [2.45, 2.75) is 11.1 Å². The zero-order chi connectivity index (χ0) is 14.5. The summed E-state index contributed by atoms with van der Waals surface area (Å²) >= 11 is 6.93. The van der Waals surface area contributed by atoms with Crippen LogP contribution in [0.3, 0.4) is 0 Å². The number of carbonyl (C=O) groups excluding carboxylic acids is 1. The van der Waals surface area contributed by atoms with Crippen molar-refractivity contribution in [3.05, 3.63) is 29.8 Å². The first-order chi connectivity index (χ1) is 8.87. The maximum absolute atomic E-state index is 12.4. The lowest BCUT2D eigenvalue weighted by atomic mass is 10.2. The van der Waals surface area contributed by atoms with E-state index in [-0.39, 0.29) is 18.0 Å². The van der Waals surface area contributed by atoms with E-state index in [0.717, 1.165) is 4.90 Å². The summed E-state index contributed by atoms with van der Waals surface area (Å²) < 4.78 is 37.2. The normalized spacial score (nSPS) is 11.4. The Hall–Kier alpha value is -0.880. The topological polar surface area (TPSA) is 20.3 Å². The summed E-state index contributed by atoms with van der Waals surface area (Å²) in [4.78, 5) is 13.6. The van der Waals surface area contributed by atoms with E-state index in [0.29, 0.717) is 4.90 Å². The van der Waals surface area contributed by atoms with Gasteiger partial charge in [0.15, 0.2) is 0 Å². The van der Waals surface area contributed by atoms with E-state index in [4.69, 9.17) is 11.6 Å². The highest BCUT2D eigenvalue weighted by Gasteiger charge is 2.33. The van der Waals surface area contributed by atoms with Crippen molar-refractivity contribution in [1.29, 1.82) is 0 Å². The van der Waals surface area contributed by atoms with Crippen LogP contribution in [0.15, 0.2) is 29.2 Å². The molecule has 0 saturated carbocycles. The summed E-state index contributed by atoms with van der Waals surface area (Å²) in [5.41, 5.74) is 0.229. The van der Waals surface area contributed by atoms with Gasteiger partial charge in [-0.1, -0.05) is 0 Å². The molecule has 0 aromatic heterocycles. The molecule has 1 rings (SSSR count). The van der Waals surface area contributed by atoms with Gasteiger partial charge in [0.05, 0.1) is 0 Å². The van der Waals surface area contributed by atoms with Crippen molar-refractivity contribution in [3.63, 3.8) is 0 Å². The van der Waals surface area contributed by atoms with Gasteiger partial charge in [-0.15, -0.1) is 23.4 Å². The van der Waals surface area contributed by atoms with Gasteiger partial charge in [0.2, 0.25) is 0 Å². The highest BCUT2D eigenvalue weighted by molar-refractivity contribution is 7.98. The smallest absolute Gasteiger partial charge is 0.328 e. The molecular weight excluding hydrogens is 299 g/mol. The van der Waals surface area contributed by atoms with E-state index in [9.17, 15) is 18.0 Å². The third-order valence-corrected chi connectivity index (χ3v) is 3.26.